The number of H-pyrrole nitrogens is 1. The number of aromatic amines is 1. The first-order valence-electron chi connectivity index (χ1n) is 13.8. The number of nitrogens with two attached hydrogens (primary N) is 1. The van der Waals surface area contributed by atoms with E-state index in [-0.39, 0.29) is 30.1 Å². The van der Waals surface area contributed by atoms with Crippen molar-refractivity contribution in [2.75, 3.05) is 29.0 Å². The number of hydrogen-bond acceptors (Lipinski definition) is 8. The van der Waals surface area contributed by atoms with Gasteiger partial charge in [-0.05, 0) is 56.9 Å². The van der Waals surface area contributed by atoms with Crippen LogP contribution in [0.1, 0.15) is 70.8 Å². The minimum absolute atomic E-state index is 0.103. The standard InChI is InChI=1S/C28H38FN7O2/c1-18(20-12-9-13-20)31-24-22(23(30)32-25(33-24)26-34-27(37)38-35-26)36(16-19-10-5-3-6-11-19)17-28(2,29)21-14-7-4-8-15-21/h4,7-8,14-15,18-20H,3,5-6,9-13,16-17H2,1-2H3,(H,34,35,37)(H3,30,31,32,33)/t18-,28?/m1/s1. The number of alkyl halides is 1. The van der Waals surface area contributed by atoms with Gasteiger partial charge < -0.3 is 16.0 Å². The fourth-order valence-corrected chi connectivity index (χ4v) is 5.74. The SMILES string of the molecule is C[C@@H](Nc1nc(-c2noc(=O)[nH]2)nc(N)c1N(CC1CCCCC1)CC(C)(F)c1ccccc1)C1CCC1. The minimum Gasteiger partial charge on any atom is -0.382 e. The quantitative estimate of drug-likeness (QED) is 0.328. The average Bonchev–Trinajstić information content (AvgIpc) is 3.30. The first kappa shape index (κ1) is 26.2. The molecule has 1 unspecified atom stereocenters. The third kappa shape index (κ3) is 5.84. The third-order valence-electron chi connectivity index (χ3n) is 8.17. The second-order valence-corrected chi connectivity index (χ2v) is 11.1. The van der Waals surface area contributed by atoms with Crippen molar-refractivity contribution >= 4 is 17.3 Å². The Kier molecular flexibility index (Phi) is 7.67. The summed E-state index contributed by atoms with van der Waals surface area (Å²) in [5.41, 5.74) is 6.20. The van der Waals surface area contributed by atoms with Crippen LogP contribution in [0.4, 0.5) is 21.7 Å². The molecule has 2 aromatic heterocycles. The van der Waals surface area contributed by atoms with E-state index in [1.54, 1.807) is 6.92 Å². The van der Waals surface area contributed by atoms with Crippen LogP contribution in [0.5, 0.6) is 0 Å². The van der Waals surface area contributed by atoms with E-state index in [1.807, 2.05) is 35.2 Å². The maximum atomic E-state index is 16.4. The molecule has 0 spiro atoms. The summed E-state index contributed by atoms with van der Waals surface area (Å²) in [5, 5.41) is 7.32. The van der Waals surface area contributed by atoms with Crippen molar-refractivity contribution in [3.05, 3.63) is 46.4 Å². The van der Waals surface area contributed by atoms with Crippen LogP contribution >= 0.6 is 0 Å². The average molecular weight is 524 g/mol. The van der Waals surface area contributed by atoms with Crippen molar-refractivity contribution in [2.24, 2.45) is 11.8 Å². The van der Waals surface area contributed by atoms with Gasteiger partial charge >= 0.3 is 5.76 Å². The van der Waals surface area contributed by atoms with Gasteiger partial charge in [-0.25, -0.2) is 19.2 Å². The lowest BCUT2D eigenvalue weighted by Crippen LogP contribution is -2.41. The Morgan fingerprint density at radius 3 is 2.53 bits per heavy atom. The fourth-order valence-electron chi connectivity index (χ4n) is 5.74. The van der Waals surface area contributed by atoms with Crippen molar-refractivity contribution in [2.45, 2.75) is 76.9 Å². The van der Waals surface area contributed by atoms with Gasteiger partial charge in [0.2, 0.25) is 11.6 Å². The molecule has 2 fully saturated rings. The van der Waals surface area contributed by atoms with Crippen molar-refractivity contribution in [3.8, 4) is 11.6 Å². The van der Waals surface area contributed by atoms with Crippen molar-refractivity contribution in [1.29, 1.82) is 0 Å². The molecule has 0 aliphatic heterocycles. The number of nitrogens with one attached hydrogen (secondary N) is 2. The molecule has 38 heavy (non-hydrogen) atoms. The summed E-state index contributed by atoms with van der Waals surface area (Å²) in [4.78, 5) is 25.4. The fraction of sp³-hybridized carbons (Fsp3) is 0.571. The van der Waals surface area contributed by atoms with E-state index in [4.69, 9.17) is 10.7 Å². The zero-order chi connectivity index (χ0) is 26.7. The molecule has 4 N–H and O–H groups in total. The predicted octanol–water partition coefficient (Wildman–Crippen LogP) is 5.27. The number of benzene rings is 1. The Labute approximate surface area is 222 Å². The lowest BCUT2D eigenvalue weighted by atomic mass is 9.80. The van der Waals surface area contributed by atoms with E-state index < -0.39 is 11.4 Å². The Morgan fingerprint density at radius 1 is 1.16 bits per heavy atom. The molecule has 2 saturated carbocycles. The van der Waals surface area contributed by atoms with Gasteiger partial charge in [0, 0.05) is 12.6 Å². The highest BCUT2D eigenvalue weighted by Gasteiger charge is 2.34. The molecule has 3 aromatic rings. The third-order valence-corrected chi connectivity index (χ3v) is 8.17. The van der Waals surface area contributed by atoms with Crippen LogP contribution in [0.2, 0.25) is 0 Å². The number of halogens is 1. The Hall–Kier alpha value is -3.43. The van der Waals surface area contributed by atoms with Crippen LogP contribution in [0.25, 0.3) is 11.6 Å². The number of aromatic nitrogens is 4. The van der Waals surface area contributed by atoms with Gasteiger partial charge in [0.1, 0.15) is 5.69 Å². The summed E-state index contributed by atoms with van der Waals surface area (Å²) in [6.45, 7) is 4.52. The van der Waals surface area contributed by atoms with Gasteiger partial charge in [-0.15, -0.1) is 0 Å². The van der Waals surface area contributed by atoms with Crippen LogP contribution in [0, 0.1) is 11.8 Å². The summed E-state index contributed by atoms with van der Waals surface area (Å²) in [6, 6.07) is 9.39. The van der Waals surface area contributed by atoms with Crippen molar-refractivity contribution in [3.63, 3.8) is 0 Å². The van der Waals surface area contributed by atoms with E-state index in [2.05, 4.69) is 31.9 Å². The Bertz CT molecular complexity index is 1270. The molecule has 204 valence electrons. The molecular weight excluding hydrogens is 485 g/mol. The van der Waals surface area contributed by atoms with Crippen LogP contribution in [0.15, 0.2) is 39.6 Å². The van der Waals surface area contributed by atoms with E-state index in [0.29, 0.717) is 35.4 Å². The Morgan fingerprint density at radius 2 is 1.89 bits per heavy atom. The number of nitrogen functional groups attached to an aromatic ring is 1. The van der Waals surface area contributed by atoms with Gasteiger partial charge in [0.25, 0.3) is 0 Å². The molecule has 0 amide bonds. The molecule has 9 nitrogen and oxygen atoms in total. The topological polar surface area (TPSA) is 126 Å². The maximum Gasteiger partial charge on any atom is 0.439 e. The first-order valence-corrected chi connectivity index (χ1v) is 13.8. The molecular formula is C28H38FN7O2. The summed E-state index contributed by atoms with van der Waals surface area (Å²) >= 11 is 0. The van der Waals surface area contributed by atoms with Crippen LogP contribution in [-0.4, -0.2) is 39.2 Å². The highest BCUT2D eigenvalue weighted by Crippen LogP contribution is 2.39. The van der Waals surface area contributed by atoms with Gasteiger partial charge in [0.15, 0.2) is 17.3 Å². The number of rotatable bonds is 10. The molecule has 0 saturated heterocycles. The smallest absolute Gasteiger partial charge is 0.382 e. The minimum atomic E-state index is -1.63. The normalized spacial score (nSPS) is 18.9. The number of anilines is 3. The maximum absolute atomic E-state index is 16.4. The lowest BCUT2D eigenvalue weighted by Gasteiger charge is -2.38. The molecule has 0 radical (unpaired) electrons. The monoisotopic (exact) mass is 523 g/mol. The molecule has 2 aliphatic carbocycles. The summed E-state index contributed by atoms with van der Waals surface area (Å²) in [7, 11) is 0. The number of hydrogen-bond donors (Lipinski definition) is 3. The summed E-state index contributed by atoms with van der Waals surface area (Å²) in [5.74, 6) is 1.25. The molecule has 0 bridgehead atoms. The highest BCUT2D eigenvalue weighted by atomic mass is 19.1. The Balaban J connectivity index is 1.56. The summed E-state index contributed by atoms with van der Waals surface area (Å²) < 4.78 is 21.0. The van der Waals surface area contributed by atoms with Crippen molar-refractivity contribution in [1.82, 2.24) is 20.1 Å². The highest BCUT2D eigenvalue weighted by molar-refractivity contribution is 5.79. The van der Waals surface area contributed by atoms with Gasteiger partial charge in [-0.2, -0.15) is 0 Å². The largest absolute Gasteiger partial charge is 0.439 e. The number of nitrogens with zero attached hydrogens (tertiary/aromatic N) is 4. The van der Waals surface area contributed by atoms with E-state index >= 15 is 4.39 Å². The molecule has 2 heterocycles. The molecule has 5 rings (SSSR count). The van der Waals surface area contributed by atoms with Crippen LogP contribution < -0.4 is 21.7 Å². The van der Waals surface area contributed by atoms with Gasteiger partial charge in [-0.1, -0.05) is 61.2 Å². The first-order chi connectivity index (χ1) is 18.3. The lowest BCUT2D eigenvalue weighted by molar-refractivity contribution is 0.194. The molecule has 2 atom stereocenters. The van der Waals surface area contributed by atoms with Crippen LogP contribution in [0.3, 0.4) is 0 Å². The van der Waals surface area contributed by atoms with Crippen molar-refractivity contribution < 1.29 is 8.91 Å². The second-order valence-electron chi connectivity index (χ2n) is 11.1. The van der Waals surface area contributed by atoms with Gasteiger partial charge in [0.05, 0.1) is 6.54 Å². The van der Waals surface area contributed by atoms with E-state index in [0.717, 1.165) is 25.7 Å². The van der Waals surface area contributed by atoms with Gasteiger partial charge in [-0.3, -0.25) is 9.51 Å². The predicted molar refractivity (Wildman–Crippen MR) is 147 cm³/mol. The second kappa shape index (κ2) is 11.1. The zero-order valence-electron chi connectivity index (χ0n) is 22.3. The summed E-state index contributed by atoms with van der Waals surface area (Å²) in [6.07, 6.45) is 9.31. The molecule has 2 aliphatic rings. The molecule has 1 aromatic carbocycles. The zero-order valence-corrected chi connectivity index (χ0v) is 22.3. The van der Waals surface area contributed by atoms with Crippen LogP contribution in [-0.2, 0) is 5.67 Å². The van der Waals surface area contributed by atoms with E-state index in [1.165, 1.54) is 25.7 Å². The van der Waals surface area contributed by atoms with E-state index in [9.17, 15) is 4.79 Å². The molecule has 10 heteroatoms.